The second-order valence-corrected chi connectivity index (χ2v) is 7.62. The molecule has 7 nitrogen and oxygen atoms in total. The van der Waals surface area contributed by atoms with E-state index in [0.717, 1.165) is 6.07 Å². The number of sulfonamides is 1. The van der Waals surface area contributed by atoms with Crippen LogP contribution in [0.3, 0.4) is 0 Å². The molecule has 9 heteroatoms. The number of benzene rings is 2. The van der Waals surface area contributed by atoms with Crippen LogP contribution in [0.25, 0.3) is 0 Å². The molecule has 3 rings (SSSR count). The van der Waals surface area contributed by atoms with E-state index in [0.29, 0.717) is 29.2 Å². The zero-order valence-electron chi connectivity index (χ0n) is 14.6. The summed E-state index contributed by atoms with van der Waals surface area (Å²) in [6.07, 6.45) is 0.596. The molecule has 0 atom stereocenters. The Labute approximate surface area is 156 Å². The van der Waals surface area contributed by atoms with Crippen molar-refractivity contribution in [2.75, 3.05) is 25.6 Å². The molecule has 1 amide bonds. The first-order chi connectivity index (χ1) is 12.9. The van der Waals surface area contributed by atoms with Gasteiger partial charge in [-0.15, -0.1) is 0 Å². The maximum Gasteiger partial charge on any atom is 0.243 e. The Kier molecular flexibility index (Phi) is 5.62. The molecule has 0 aliphatic carbocycles. The maximum absolute atomic E-state index is 14.3. The number of carbonyl (C=O) groups is 1. The Balaban J connectivity index is 1.66. The zero-order valence-corrected chi connectivity index (χ0v) is 15.4. The average molecular weight is 394 g/mol. The molecule has 0 bridgehead atoms. The van der Waals surface area contributed by atoms with E-state index in [9.17, 15) is 17.6 Å². The van der Waals surface area contributed by atoms with Crippen molar-refractivity contribution >= 4 is 21.6 Å². The lowest BCUT2D eigenvalue weighted by Crippen LogP contribution is -2.29. The van der Waals surface area contributed by atoms with E-state index >= 15 is 0 Å². The summed E-state index contributed by atoms with van der Waals surface area (Å²) in [7, 11) is -2.55. The van der Waals surface area contributed by atoms with Crippen molar-refractivity contribution in [2.45, 2.75) is 17.7 Å². The third-order valence-electron chi connectivity index (χ3n) is 4.06. The number of para-hydroxylation sites is 2. The third-order valence-corrected chi connectivity index (χ3v) is 5.54. The zero-order chi connectivity index (χ0) is 19.4. The van der Waals surface area contributed by atoms with Gasteiger partial charge in [0.05, 0.1) is 7.11 Å². The summed E-state index contributed by atoms with van der Waals surface area (Å²) in [6, 6.07) is 9.27. The minimum absolute atomic E-state index is 0.0439. The molecular formula is C18H19FN2O5S. The average Bonchev–Trinajstić information content (AvgIpc) is 2.64. The van der Waals surface area contributed by atoms with Crippen molar-refractivity contribution in [3.63, 3.8) is 0 Å². The van der Waals surface area contributed by atoms with Crippen LogP contribution in [-0.4, -0.2) is 34.6 Å². The van der Waals surface area contributed by atoms with E-state index in [1.807, 2.05) is 0 Å². The van der Waals surface area contributed by atoms with Gasteiger partial charge < -0.3 is 14.8 Å². The van der Waals surface area contributed by atoms with Gasteiger partial charge in [-0.25, -0.2) is 17.5 Å². The number of nitrogens with one attached hydrogen (secondary N) is 2. The predicted molar refractivity (Wildman–Crippen MR) is 97.0 cm³/mol. The standard InChI is InChI=1S/C18H19FN2O5S/c1-25-15-4-2-3-5-16(15)26-9-8-20-27(23,24)17-10-12-6-7-18(22)21-14(12)11-13(17)19/h2-5,10-11,20H,6-9H2,1H3,(H,21,22). The first-order valence-electron chi connectivity index (χ1n) is 8.28. The minimum Gasteiger partial charge on any atom is -0.493 e. The molecule has 0 saturated heterocycles. The molecule has 1 aliphatic rings. The van der Waals surface area contributed by atoms with Gasteiger partial charge in [-0.05, 0) is 36.2 Å². The second-order valence-electron chi connectivity index (χ2n) is 5.89. The monoisotopic (exact) mass is 394 g/mol. The SMILES string of the molecule is COc1ccccc1OCCNS(=O)(=O)c1cc2c(cc1F)NC(=O)CC2. The lowest BCUT2D eigenvalue weighted by atomic mass is 10.0. The summed E-state index contributed by atoms with van der Waals surface area (Å²) < 4.78 is 52.1. The van der Waals surface area contributed by atoms with Gasteiger partial charge in [0.25, 0.3) is 0 Å². The van der Waals surface area contributed by atoms with Gasteiger partial charge in [-0.3, -0.25) is 4.79 Å². The molecule has 0 fully saturated rings. The van der Waals surface area contributed by atoms with Crippen LogP contribution in [0.15, 0.2) is 41.3 Å². The number of carbonyl (C=O) groups excluding carboxylic acids is 1. The van der Waals surface area contributed by atoms with Crippen molar-refractivity contribution in [1.82, 2.24) is 4.72 Å². The van der Waals surface area contributed by atoms with E-state index in [1.165, 1.54) is 13.2 Å². The van der Waals surface area contributed by atoms with Crippen LogP contribution < -0.4 is 19.5 Å². The van der Waals surface area contributed by atoms with Crippen LogP contribution in [-0.2, 0) is 21.2 Å². The minimum atomic E-state index is -4.06. The summed E-state index contributed by atoms with van der Waals surface area (Å²) in [5, 5.41) is 2.53. The summed E-state index contributed by atoms with van der Waals surface area (Å²) in [5.74, 6) is -0.128. The van der Waals surface area contributed by atoms with Crippen molar-refractivity contribution in [1.29, 1.82) is 0 Å². The summed E-state index contributed by atoms with van der Waals surface area (Å²) in [4.78, 5) is 10.9. The third kappa shape index (κ3) is 4.37. The highest BCUT2D eigenvalue weighted by Gasteiger charge is 2.24. The number of hydrogen-bond acceptors (Lipinski definition) is 5. The highest BCUT2D eigenvalue weighted by atomic mass is 32.2. The van der Waals surface area contributed by atoms with E-state index in [4.69, 9.17) is 9.47 Å². The highest BCUT2D eigenvalue weighted by Crippen LogP contribution is 2.28. The van der Waals surface area contributed by atoms with E-state index in [1.54, 1.807) is 24.3 Å². The lowest BCUT2D eigenvalue weighted by molar-refractivity contribution is -0.116. The smallest absolute Gasteiger partial charge is 0.243 e. The molecule has 0 radical (unpaired) electrons. The molecule has 144 valence electrons. The van der Waals surface area contributed by atoms with Gasteiger partial charge in [-0.1, -0.05) is 12.1 Å². The van der Waals surface area contributed by atoms with Gasteiger partial charge in [0.1, 0.15) is 17.3 Å². The molecule has 0 unspecified atom stereocenters. The molecule has 1 heterocycles. The molecule has 27 heavy (non-hydrogen) atoms. The molecule has 0 spiro atoms. The molecule has 0 aromatic heterocycles. The van der Waals surface area contributed by atoms with Crippen LogP contribution in [0.5, 0.6) is 11.5 Å². The van der Waals surface area contributed by atoms with E-state index < -0.39 is 20.7 Å². The van der Waals surface area contributed by atoms with Crippen LogP contribution in [0.2, 0.25) is 0 Å². The molecular weight excluding hydrogens is 375 g/mol. The quantitative estimate of drug-likeness (QED) is 0.702. The predicted octanol–water partition coefficient (Wildman–Crippen LogP) is 2.08. The highest BCUT2D eigenvalue weighted by molar-refractivity contribution is 7.89. The Morgan fingerprint density at radius 2 is 1.93 bits per heavy atom. The number of aryl methyl sites for hydroxylation is 1. The number of halogens is 1. The number of methoxy groups -OCH3 is 1. The number of amides is 1. The molecule has 2 aromatic carbocycles. The Morgan fingerprint density at radius 1 is 1.19 bits per heavy atom. The van der Waals surface area contributed by atoms with Crippen LogP contribution in [0.4, 0.5) is 10.1 Å². The van der Waals surface area contributed by atoms with Crippen molar-refractivity contribution < 1.29 is 27.1 Å². The summed E-state index contributed by atoms with van der Waals surface area (Å²) in [6.45, 7) is -0.00410. The summed E-state index contributed by atoms with van der Waals surface area (Å²) >= 11 is 0. The fourth-order valence-electron chi connectivity index (χ4n) is 2.74. The van der Waals surface area contributed by atoms with Crippen molar-refractivity contribution in [3.8, 4) is 11.5 Å². The fourth-order valence-corrected chi connectivity index (χ4v) is 3.86. The van der Waals surface area contributed by atoms with E-state index in [-0.39, 0.29) is 25.5 Å². The van der Waals surface area contributed by atoms with Gasteiger partial charge in [0.2, 0.25) is 15.9 Å². The molecule has 0 saturated carbocycles. The number of ether oxygens (including phenoxy) is 2. The molecule has 2 N–H and O–H groups in total. The number of anilines is 1. The first-order valence-corrected chi connectivity index (χ1v) is 9.77. The van der Waals surface area contributed by atoms with Crippen LogP contribution >= 0.6 is 0 Å². The van der Waals surface area contributed by atoms with E-state index in [2.05, 4.69) is 10.0 Å². The van der Waals surface area contributed by atoms with Crippen molar-refractivity contribution in [2.24, 2.45) is 0 Å². The Bertz CT molecular complexity index is 962. The fraction of sp³-hybridized carbons (Fsp3) is 0.278. The number of hydrogen-bond donors (Lipinski definition) is 2. The molecule has 1 aliphatic heterocycles. The number of fused-ring (bicyclic) bond motifs is 1. The van der Waals surface area contributed by atoms with Gasteiger partial charge >= 0.3 is 0 Å². The topological polar surface area (TPSA) is 93.7 Å². The van der Waals surface area contributed by atoms with Crippen LogP contribution in [0.1, 0.15) is 12.0 Å². The van der Waals surface area contributed by atoms with Gasteiger partial charge in [0.15, 0.2) is 11.5 Å². The van der Waals surface area contributed by atoms with Crippen molar-refractivity contribution in [3.05, 3.63) is 47.8 Å². The largest absolute Gasteiger partial charge is 0.493 e. The summed E-state index contributed by atoms with van der Waals surface area (Å²) in [5.41, 5.74) is 0.892. The van der Waals surface area contributed by atoms with Crippen LogP contribution in [0, 0.1) is 5.82 Å². The second kappa shape index (κ2) is 7.93. The maximum atomic E-state index is 14.3. The Hall–Kier alpha value is -2.65. The Morgan fingerprint density at radius 3 is 2.67 bits per heavy atom. The van der Waals surface area contributed by atoms with Gasteiger partial charge in [-0.2, -0.15) is 0 Å². The molecule has 2 aromatic rings. The first kappa shape index (κ1) is 19.1. The van der Waals surface area contributed by atoms with Gasteiger partial charge in [0, 0.05) is 18.7 Å². The normalized spacial score (nSPS) is 13.6. The number of rotatable bonds is 7. The lowest BCUT2D eigenvalue weighted by Gasteiger charge is -2.18.